The van der Waals surface area contributed by atoms with Gasteiger partial charge in [-0.1, -0.05) is 6.07 Å². The van der Waals surface area contributed by atoms with Gasteiger partial charge >= 0.3 is 5.97 Å². The van der Waals surface area contributed by atoms with Crippen LogP contribution >= 0.6 is 0 Å². The number of amides is 2. The number of fused-ring (bicyclic) bond motifs is 2. The second kappa shape index (κ2) is 8.00. The number of piperazine rings is 1. The molecule has 2 amide bonds. The zero-order valence-corrected chi connectivity index (χ0v) is 20.6. The first kappa shape index (κ1) is 22.7. The summed E-state index contributed by atoms with van der Waals surface area (Å²) in [5, 5.41) is 0. The third-order valence-electron chi connectivity index (χ3n) is 8.85. The lowest BCUT2D eigenvalue weighted by molar-refractivity contribution is -0.134. The summed E-state index contributed by atoms with van der Waals surface area (Å²) in [6, 6.07) is 6.99. The van der Waals surface area contributed by atoms with Crippen molar-refractivity contribution < 1.29 is 23.5 Å². The third-order valence-corrected chi connectivity index (χ3v) is 8.85. The molecule has 4 fully saturated rings. The summed E-state index contributed by atoms with van der Waals surface area (Å²) in [5.41, 5.74) is 0.767. The molecule has 1 unspecified atom stereocenters. The van der Waals surface area contributed by atoms with E-state index in [0.29, 0.717) is 63.1 Å². The lowest BCUT2D eigenvalue weighted by Crippen LogP contribution is -2.49. The normalized spacial score (nSPS) is 25.9. The van der Waals surface area contributed by atoms with E-state index < -0.39 is 17.0 Å². The molecule has 4 heterocycles. The second-order valence-corrected chi connectivity index (χ2v) is 11.1. The van der Waals surface area contributed by atoms with Gasteiger partial charge in [0.1, 0.15) is 5.82 Å². The molecule has 0 radical (unpaired) electrons. The molecule has 0 N–H and O–H groups in total. The molecule has 9 heteroatoms. The standard InChI is InChI=1S/C28H29FN4O4/c29-23-15-19(31-11-13-32(14-12-31)24(34)18-1-2-18)3-4-22(23)27(6-7-27)26(36)33-10-8-28(17-33)21-5-9-30-16-20(21)25(35)37-28/h3-5,9,15-16,18H,1-2,6-8,10-14,17H2. The van der Waals surface area contributed by atoms with Crippen LogP contribution in [0.2, 0.25) is 0 Å². The average Bonchev–Trinajstić information content (AvgIpc) is 3.85. The van der Waals surface area contributed by atoms with Crippen molar-refractivity contribution in [1.29, 1.82) is 0 Å². The van der Waals surface area contributed by atoms with E-state index in [2.05, 4.69) is 9.88 Å². The molecule has 37 heavy (non-hydrogen) atoms. The molecular formula is C28H29FN4O4. The summed E-state index contributed by atoms with van der Waals surface area (Å²) >= 11 is 0. The highest BCUT2D eigenvalue weighted by atomic mass is 19.1. The number of pyridine rings is 1. The highest BCUT2D eigenvalue weighted by molar-refractivity contribution is 5.95. The largest absolute Gasteiger partial charge is 0.449 e. The van der Waals surface area contributed by atoms with Gasteiger partial charge in [-0.05, 0) is 43.9 Å². The Bertz CT molecular complexity index is 1320. The highest BCUT2D eigenvalue weighted by Gasteiger charge is 2.58. The van der Waals surface area contributed by atoms with Crippen LogP contribution in [0.5, 0.6) is 0 Å². The molecule has 7 rings (SSSR count). The predicted octanol–water partition coefficient (Wildman–Crippen LogP) is 2.61. The number of hydrogen-bond acceptors (Lipinski definition) is 6. The Morgan fingerprint density at radius 1 is 0.973 bits per heavy atom. The minimum Gasteiger partial charge on any atom is -0.449 e. The van der Waals surface area contributed by atoms with Gasteiger partial charge in [0.15, 0.2) is 5.60 Å². The van der Waals surface area contributed by atoms with Gasteiger partial charge in [0.25, 0.3) is 0 Å². The quantitative estimate of drug-likeness (QED) is 0.596. The van der Waals surface area contributed by atoms with Gasteiger partial charge in [-0.3, -0.25) is 14.6 Å². The summed E-state index contributed by atoms with van der Waals surface area (Å²) in [7, 11) is 0. The highest BCUT2D eigenvalue weighted by Crippen LogP contribution is 2.53. The van der Waals surface area contributed by atoms with Crippen molar-refractivity contribution in [2.45, 2.75) is 43.1 Å². The Hall–Kier alpha value is -3.49. The van der Waals surface area contributed by atoms with Gasteiger partial charge in [-0.2, -0.15) is 0 Å². The average molecular weight is 505 g/mol. The molecular weight excluding hydrogens is 475 g/mol. The van der Waals surface area contributed by atoms with Crippen LogP contribution < -0.4 is 4.90 Å². The molecule has 5 aliphatic rings. The number of benzene rings is 1. The van der Waals surface area contributed by atoms with E-state index >= 15 is 4.39 Å². The van der Waals surface area contributed by atoms with Crippen LogP contribution in [0.25, 0.3) is 0 Å². The summed E-state index contributed by atoms with van der Waals surface area (Å²) in [6.07, 6.45) is 6.88. The maximum atomic E-state index is 15.5. The van der Waals surface area contributed by atoms with Crippen molar-refractivity contribution in [2.75, 3.05) is 44.2 Å². The first-order valence-corrected chi connectivity index (χ1v) is 13.2. The SMILES string of the molecule is O=C1OC2(CCN(C(=O)C3(c4ccc(N5CCN(C(=O)C6CC6)CC5)cc4F)CC3)C2)c2ccncc21. The van der Waals surface area contributed by atoms with Gasteiger partial charge in [0, 0.05) is 74.3 Å². The van der Waals surface area contributed by atoms with Gasteiger partial charge < -0.3 is 19.4 Å². The van der Waals surface area contributed by atoms with Crippen molar-refractivity contribution in [3.8, 4) is 0 Å². The molecule has 1 atom stereocenters. The van der Waals surface area contributed by atoms with E-state index in [1.54, 1.807) is 23.2 Å². The Labute approximate surface area is 214 Å². The van der Waals surface area contributed by atoms with E-state index in [4.69, 9.17) is 4.74 Å². The Morgan fingerprint density at radius 3 is 2.46 bits per heavy atom. The van der Waals surface area contributed by atoms with E-state index in [1.807, 2.05) is 11.0 Å². The number of nitrogens with zero attached hydrogens (tertiary/aromatic N) is 4. The van der Waals surface area contributed by atoms with Crippen LogP contribution in [0.4, 0.5) is 10.1 Å². The number of likely N-dealkylation sites (tertiary alicyclic amines) is 1. The molecule has 1 aromatic carbocycles. The Kier molecular flexibility index (Phi) is 4.91. The topological polar surface area (TPSA) is 83.0 Å². The Morgan fingerprint density at radius 2 is 1.76 bits per heavy atom. The van der Waals surface area contributed by atoms with Crippen LogP contribution in [0.15, 0.2) is 36.7 Å². The fraction of sp³-hybridized carbons (Fsp3) is 0.500. The molecule has 8 nitrogen and oxygen atoms in total. The minimum absolute atomic E-state index is 0.0956. The molecule has 3 aliphatic heterocycles. The van der Waals surface area contributed by atoms with Crippen LogP contribution in [0, 0.1) is 11.7 Å². The monoisotopic (exact) mass is 504 g/mol. The van der Waals surface area contributed by atoms with Crippen molar-refractivity contribution in [2.24, 2.45) is 5.92 Å². The minimum atomic E-state index is -0.854. The third kappa shape index (κ3) is 3.54. The predicted molar refractivity (Wildman–Crippen MR) is 131 cm³/mol. The van der Waals surface area contributed by atoms with E-state index in [0.717, 1.165) is 24.1 Å². The molecule has 192 valence electrons. The molecule has 2 aromatic rings. The number of hydrogen-bond donors (Lipinski definition) is 0. The molecule has 1 spiro atoms. The van der Waals surface area contributed by atoms with Gasteiger partial charge in [-0.15, -0.1) is 0 Å². The van der Waals surface area contributed by atoms with Crippen molar-refractivity contribution in [1.82, 2.24) is 14.8 Å². The zero-order valence-electron chi connectivity index (χ0n) is 20.6. The Balaban J connectivity index is 1.06. The van der Waals surface area contributed by atoms with Crippen LogP contribution in [0.1, 0.15) is 53.6 Å². The van der Waals surface area contributed by atoms with Crippen LogP contribution in [-0.2, 0) is 25.3 Å². The van der Waals surface area contributed by atoms with E-state index in [-0.39, 0.29) is 30.1 Å². The van der Waals surface area contributed by atoms with E-state index in [9.17, 15) is 14.4 Å². The fourth-order valence-electron chi connectivity index (χ4n) is 6.39. The van der Waals surface area contributed by atoms with Crippen LogP contribution in [-0.4, -0.2) is 71.8 Å². The summed E-state index contributed by atoms with van der Waals surface area (Å²) in [4.78, 5) is 48.2. The van der Waals surface area contributed by atoms with Gasteiger partial charge in [-0.25, -0.2) is 9.18 Å². The zero-order chi connectivity index (χ0) is 25.4. The molecule has 0 bridgehead atoms. The van der Waals surface area contributed by atoms with Gasteiger partial charge in [0.05, 0.1) is 17.5 Å². The summed E-state index contributed by atoms with van der Waals surface area (Å²) < 4.78 is 21.3. The number of esters is 1. The number of aromatic nitrogens is 1. The first-order chi connectivity index (χ1) is 17.9. The number of carbonyl (C=O) groups is 3. The fourth-order valence-corrected chi connectivity index (χ4v) is 6.39. The van der Waals surface area contributed by atoms with Gasteiger partial charge in [0.2, 0.25) is 11.8 Å². The smallest absolute Gasteiger partial charge is 0.341 e. The first-order valence-electron chi connectivity index (χ1n) is 13.2. The maximum Gasteiger partial charge on any atom is 0.341 e. The lowest BCUT2D eigenvalue weighted by Gasteiger charge is -2.36. The number of halogens is 1. The number of rotatable bonds is 4. The summed E-state index contributed by atoms with van der Waals surface area (Å²) in [5.74, 6) is -0.391. The second-order valence-electron chi connectivity index (χ2n) is 11.1. The summed E-state index contributed by atoms with van der Waals surface area (Å²) in [6.45, 7) is 3.39. The number of anilines is 1. The molecule has 2 saturated carbocycles. The van der Waals surface area contributed by atoms with Crippen LogP contribution in [0.3, 0.4) is 0 Å². The van der Waals surface area contributed by atoms with E-state index in [1.165, 1.54) is 12.3 Å². The molecule has 2 saturated heterocycles. The number of carbonyl (C=O) groups excluding carboxylic acids is 3. The van der Waals surface area contributed by atoms with Crippen molar-refractivity contribution in [3.63, 3.8) is 0 Å². The van der Waals surface area contributed by atoms with Crippen molar-refractivity contribution in [3.05, 3.63) is 59.2 Å². The molecule has 1 aromatic heterocycles. The molecule has 2 aliphatic carbocycles. The lowest BCUT2D eigenvalue weighted by atomic mass is 9.92. The van der Waals surface area contributed by atoms with Crippen molar-refractivity contribution >= 4 is 23.5 Å². The maximum absolute atomic E-state index is 15.5. The number of ether oxygens (including phenoxy) is 1.